The van der Waals surface area contributed by atoms with Crippen molar-refractivity contribution in [1.29, 1.82) is 0 Å². The molecule has 0 aliphatic carbocycles. The van der Waals surface area contributed by atoms with Gasteiger partial charge in [0, 0.05) is 25.0 Å². The lowest BCUT2D eigenvalue weighted by atomic mass is 9.98. The van der Waals surface area contributed by atoms with E-state index in [9.17, 15) is 9.59 Å². The molecule has 0 spiro atoms. The highest BCUT2D eigenvalue weighted by Gasteiger charge is 2.40. The molecule has 9 nitrogen and oxygen atoms in total. The Morgan fingerprint density at radius 2 is 1.70 bits per heavy atom. The molecule has 0 N–H and O–H groups in total. The number of fused-ring (bicyclic) bond motifs is 1. The van der Waals surface area contributed by atoms with Crippen LogP contribution in [-0.4, -0.2) is 72.6 Å². The summed E-state index contributed by atoms with van der Waals surface area (Å²) in [6, 6.07) is 19.1. The van der Waals surface area contributed by atoms with Crippen molar-refractivity contribution in [2.45, 2.75) is 39.3 Å². The van der Waals surface area contributed by atoms with Crippen molar-refractivity contribution in [2.24, 2.45) is 0 Å². The summed E-state index contributed by atoms with van der Waals surface area (Å²) < 4.78 is 7.51. The molecule has 37 heavy (non-hydrogen) atoms. The van der Waals surface area contributed by atoms with E-state index in [0.717, 1.165) is 16.5 Å². The third kappa shape index (κ3) is 4.89. The Labute approximate surface area is 215 Å². The first-order chi connectivity index (χ1) is 17.7. The smallest absolute Gasteiger partial charge is 0.294 e. The first kappa shape index (κ1) is 24.4. The molecule has 2 aromatic heterocycles. The van der Waals surface area contributed by atoms with Gasteiger partial charge < -0.3 is 14.5 Å². The molecule has 1 saturated heterocycles. The fourth-order valence-electron chi connectivity index (χ4n) is 4.64. The lowest BCUT2D eigenvalue weighted by molar-refractivity contribution is 0.0158. The lowest BCUT2D eigenvalue weighted by Crippen LogP contribution is -2.62. The van der Waals surface area contributed by atoms with Gasteiger partial charge in [-0.05, 0) is 57.3 Å². The third-order valence-electron chi connectivity index (χ3n) is 6.41. The minimum Gasteiger partial charge on any atom is -0.474 e. The summed E-state index contributed by atoms with van der Waals surface area (Å²) >= 11 is 0. The van der Waals surface area contributed by atoms with E-state index in [1.165, 1.54) is 6.33 Å². The van der Waals surface area contributed by atoms with E-state index in [2.05, 4.69) is 15.1 Å². The maximum Gasteiger partial charge on any atom is 0.294 e. The van der Waals surface area contributed by atoms with Gasteiger partial charge in [-0.3, -0.25) is 9.59 Å². The van der Waals surface area contributed by atoms with E-state index in [4.69, 9.17) is 4.74 Å². The van der Waals surface area contributed by atoms with Gasteiger partial charge in [-0.15, -0.1) is 5.10 Å². The van der Waals surface area contributed by atoms with Gasteiger partial charge in [0.1, 0.15) is 12.0 Å². The van der Waals surface area contributed by atoms with Crippen LogP contribution in [0, 0.1) is 0 Å². The van der Waals surface area contributed by atoms with Gasteiger partial charge in [-0.25, -0.2) is 14.6 Å². The zero-order valence-corrected chi connectivity index (χ0v) is 21.5. The summed E-state index contributed by atoms with van der Waals surface area (Å²) in [5, 5.41) is 6.15. The van der Waals surface area contributed by atoms with Crippen LogP contribution in [0.5, 0.6) is 5.88 Å². The largest absolute Gasteiger partial charge is 0.474 e. The van der Waals surface area contributed by atoms with Crippen LogP contribution in [0.15, 0.2) is 67.0 Å². The molecule has 2 amide bonds. The molecular formula is C28H30N6O3. The van der Waals surface area contributed by atoms with Gasteiger partial charge in [0.2, 0.25) is 11.7 Å². The molecule has 0 atom stereocenters. The standard InChI is InChI=1S/C28H30N6O3/c1-19(2)37-25-22-13-9-8-10-20(22)16-23(30-25)26(35)32-14-15-33(28(3,4)17-32)27(36)24-29-18-34(31-24)21-11-6-5-7-12-21/h5-13,16,18-19H,14-15,17H2,1-4H3. The van der Waals surface area contributed by atoms with Crippen molar-refractivity contribution in [3.05, 3.63) is 78.5 Å². The molecular weight excluding hydrogens is 468 g/mol. The van der Waals surface area contributed by atoms with Crippen LogP contribution in [0.25, 0.3) is 16.5 Å². The van der Waals surface area contributed by atoms with Crippen LogP contribution in [0.2, 0.25) is 0 Å². The predicted molar refractivity (Wildman–Crippen MR) is 140 cm³/mol. The Kier molecular flexibility index (Phi) is 6.37. The molecule has 0 unspecified atom stereocenters. The Morgan fingerprint density at radius 1 is 0.973 bits per heavy atom. The highest BCUT2D eigenvalue weighted by Crippen LogP contribution is 2.28. The fourth-order valence-corrected chi connectivity index (χ4v) is 4.64. The summed E-state index contributed by atoms with van der Waals surface area (Å²) in [5.41, 5.74) is 0.526. The van der Waals surface area contributed by atoms with Crippen molar-refractivity contribution in [3.63, 3.8) is 0 Å². The number of rotatable bonds is 5. The topological polar surface area (TPSA) is 93.5 Å². The number of piperazine rings is 1. The van der Waals surface area contributed by atoms with Crippen molar-refractivity contribution < 1.29 is 14.3 Å². The minimum absolute atomic E-state index is 0.0753. The molecule has 0 bridgehead atoms. The van der Waals surface area contributed by atoms with E-state index < -0.39 is 5.54 Å². The molecule has 4 aromatic rings. The maximum atomic E-state index is 13.6. The highest BCUT2D eigenvalue weighted by atomic mass is 16.5. The number of carbonyl (C=O) groups is 2. The summed E-state index contributed by atoms with van der Waals surface area (Å²) in [4.78, 5) is 39.2. The molecule has 0 radical (unpaired) electrons. The van der Waals surface area contributed by atoms with E-state index in [0.29, 0.717) is 31.2 Å². The first-order valence-electron chi connectivity index (χ1n) is 12.4. The van der Waals surface area contributed by atoms with E-state index in [1.807, 2.05) is 82.3 Å². The van der Waals surface area contributed by atoms with Crippen LogP contribution in [0.1, 0.15) is 48.8 Å². The molecule has 1 fully saturated rings. The predicted octanol–water partition coefficient (Wildman–Crippen LogP) is 3.98. The van der Waals surface area contributed by atoms with Crippen molar-refractivity contribution in [2.75, 3.05) is 19.6 Å². The average Bonchev–Trinajstić information content (AvgIpc) is 3.38. The number of hydrogen-bond donors (Lipinski definition) is 0. The summed E-state index contributed by atoms with van der Waals surface area (Å²) in [7, 11) is 0. The second kappa shape index (κ2) is 9.65. The lowest BCUT2D eigenvalue weighted by Gasteiger charge is -2.46. The highest BCUT2D eigenvalue weighted by molar-refractivity contribution is 5.98. The second-order valence-corrected chi connectivity index (χ2v) is 10.0. The number of para-hydroxylation sites is 1. The summed E-state index contributed by atoms with van der Waals surface area (Å²) in [5.74, 6) is 0.127. The minimum atomic E-state index is -0.628. The Hall–Kier alpha value is -4.27. The summed E-state index contributed by atoms with van der Waals surface area (Å²) in [6.07, 6.45) is 1.46. The third-order valence-corrected chi connectivity index (χ3v) is 6.41. The van der Waals surface area contributed by atoms with Gasteiger partial charge in [0.05, 0.1) is 17.3 Å². The zero-order chi connectivity index (χ0) is 26.2. The molecule has 0 saturated carbocycles. The van der Waals surface area contributed by atoms with Crippen LogP contribution in [-0.2, 0) is 0 Å². The second-order valence-electron chi connectivity index (χ2n) is 10.0. The quantitative estimate of drug-likeness (QED) is 0.413. The number of amides is 2. The molecule has 9 heteroatoms. The zero-order valence-electron chi connectivity index (χ0n) is 21.5. The summed E-state index contributed by atoms with van der Waals surface area (Å²) in [6.45, 7) is 8.84. The van der Waals surface area contributed by atoms with E-state index in [1.54, 1.807) is 20.5 Å². The van der Waals surface area contributed by atoms with Crippen LogP contribution in [0.3, 0.4) is 0 Å². The Bertz CT molecular complexity index is 1450. The Morgan fingerprint density at radius 3 is 2.43 bits per heavy atom. The molecule has 2 aromatic carbocycles. The monoisotopic (exact) mass is 498 g/mol. The fraction of sp³-hybridized carbons (Fsp3) is 0.321. The van der Waals surface area contributed by atoms with Crippen LogP contribution >= 0.6 is 0 Å². The molecule has 1 aliphatic heterocycles. The van der Waals surface area contributed by atoms with Crippen molar-refractivity contribution in [3.8, 4) is 11.6 Å². The number of hydrogen-bond acceptors (Lipinski definition) is 6. The van der Waals surface area contributed by atoms with Crippen LogP contribution < -0.4 is 4.74 Å². The normalized spacial score (nSPS) is 15.3. The van der Waals surface area contributed by atoms with E-state index >= 15 is 0 Å². The SMILES string of the molecule is CC(C)Oc1nc(C(=O)N2CCN(C(=O)c3ncn(-c4ccccc4)n3)C(C)(C)C2)cc2ccccc12. The van der Waals surface area contributed by atoms with Crippen LogP contribution in [0.4, 0.5) is 0 Å². The van der Waals surface area contributed by atoms with Gasteiger partial charge in [-0.2, -0.15) is 0 Å². The number of aromatic nitrogens is 4. The number of carbonyl (C=O) groups excluding carboxylic acids is 2. The number of benzene rings is 2. The Balaban J connectivity index is 1.35. The number of pyridine rings is 1. The first-order valence-corrected chi connectivity index (χ1v) is 12.4. The molecule has 3 heterocycles. The molecule has 1 aliphatic rings. The number of nitrogens with zero attached hydrogens (tertiary/aromatic N) is 6. The van der Waals surface area contributed by atoms with Gasteiger partial charge in [0.15, 0.2) is 0 Å². The average molecular weight is 499 g/mol. The van der Waals surface area contributed by atoms with Gasteiger partial charge in [-0.1, -0.05) is 36.4 Å². The van der Waals surface area contributed by atoms with E-state index in [-0.39, 0.29) is 23.7 Å². The maximum absolute atomic E-state index is 13.6. The van der Waals surface area contributed by atoms with Gasteiger partial charge in [0.25, 0.3) is 11.8 Å². The van der Waals surface area contributed by atoms with Gasteiger partial charge >= 0.3 is 0 Å². The van der Waals surface area contributed by atoms with Crippen molar-refractivity contribution >= 4 is 22.6 Å². The van der Waals surface area contributed by atoms with Crippen molar-refractivity contribution in [1.82, 2.24) is 29.5 Å². The molecule has 5 rings (SSSR count). The number of ether oxygens (including phenoxy) is 1. The molecule has 190 valence electrons.